The first-order chi connectivity index (χ1) is 14.4. The minimum atomic E-state index is -2.68. The van der Waals surface area contributed by atoms with Crippen molar-refractivity contribution in [3.63, 3.8) is 0 Å². The number of hydrogen-bond donors (Lipinski definition) is 5. The van der Waals surface area contributed by atoms with Crippen LogP contribution < -0.4 is 5.73 Å². The van der Waals surface area contributed by atoms with E-state index < -0.39 is 52.3 Å². The molecule has 0 radical (unpaired) electrons. The summed E-state index contributed by atoms with van der Waals surface area (Å²) < 4.78 is 0.781. The Labute approximate surface area is 191 Å². The van der Waals surface area contributed by atoms with Crippen LogP contribution in [0.25, 0.3) is 5.76 Å². The number of amides is 1. The molecular weight excluding hydrogens is 519 g/mol. The van der Waals surface area contributed by atoms with Gasteiger partial charge in [-0.05, 0) is 59.0 Å². The van der Waals surface area contributed by atoms with Gasteiger partial charge in [-0.2, -0.15) is 0 Å². The first kappa shape index (κ1) is 21.6. The fraction of sp³-hybridized carbons (Fsp3) is 0.381. The SMILES string of the molecule is CN(C)C1=C(O)C(C(N)=O)C(=O)[C@@]2(O)C(=O)C3=C(O)c4c(O)ccc(I)c4C[C@H]3C[C@@H]12. The van der Waals surface area contributed by atoms with Gasteiger partial charge in [0, 0.05) is 29.2 Å². The zero-order valence-corrected chi connectivity index (χ0v) is 18.9. The number of phenolic OH excluding ortho intramolecular Hbond substituents is 1. The zero-order valence-electron chi connectivity index (χ0n) is 16.7. The molecule has 0 spiro atoms. The molecule has 3 aliphatic rings. The summed E-state index contributed by atoms with van der Waals surface area (Å²) in [5, 5.41) is 43.3. The van der Waals surface area contributed by atoms with E-state index in [1.54, 1.807) is 20.2 Å². The number of carbonyl (C=O) groups excluding carboxylic acids is 3. The lowest BCUT2D eigenvalue weighted by Gasteiger charge is -2.48. The van der Waals surface area contributed by atoms with Gasteiger partial charge in [-0.1, -0.05) is 0 Å². The summed E-state index contributed by atoms with van der Waals surface area (Å²) >= 11 is 2.07. The Morgan fingerprint density at radius 3 is 2.45 bits per heavy atom. The highest BCUT2D eigenvalue weighted by Crippen LogP contribution is 2.53. The number of ketones is 2. The third kappa shape index (κ3) is 2.73. The van der Waals surface area contributed by atoms with Crippen molar-refractivity contribution in [1.29, 1.82) is 0 Å². The molecule has 0 saturated heterocycles. The van der Waals surface area contributed by atoms with Crippen molar-refractivity contribution in [2.45, 2.75) is 18.4 Å². The fourth-order valence-electron chi connectivity index (χ4n) is 5.13. The largest absolute Gasteiger partial charge is 0.509 e. The van der Waals surface area contributed by atoms with Crippen LogP contribution in [0.3, 0.4) is 0 Å². The molecule has 9 nitrogen and oxygen atoms in total. The summed E-state index contributed by atoms with van der Waals surface area (Å²) in [6.45, 7) is 0. The van der Waals surface area contributed by atoms with Crippen molar-refractivity contribution in [1.82, 2.24) is 4.90 Å². The van der Waals surface area contributed by atoms with E-state index >= 15 is 0 Å². The number of carbonyl (C=O) groups is 3. The van der Waals surface area contributed by atoms with Crippen LogP contribution in [0.1, 0.15) is 17.5 Å². The highest BCUT2D eigenvalue weighted by Gasteiger charge is 2.65. The summed E-state index contributed by atoms with van der Waals surface area (Å²) in [5.41, 5.74) is 3.28. The molecule has 0 bridgehead atoms. The van der Waals surface area contributed by atoms with Gasteiger partial charge in [-0.15, -0.1) is 0 Å². The number of nitrogens with zero attached hydrogens (tertiary/aromatic N) is 1. The zero-order chi connectivity index (χ0) is 23.0. The average molecular weight is 540 g/mol. The molecular formula is C21H21IN2O7. The van der Waals surface area contributed by atoms with Crippen molar-refractivity contribution in [3.05, 3.63) is 43.9 Å². The average Bonchev–Trinajstić information content (AvgIpc) is 2.67. The first-order valence-electron chi connectivity index (χ1n) is 9.57. The number of Topliss-reactive ketones (excluding diaryl/α,β-unsaturated/α-hetero) is 2. The molecule has 0 heterocycles. The molecule has 0 aromatic heterocycles. The van der Waals surface area contributed by atoms with Crippen LogP contribution in [0.2, 0.25) is 0 Å². The van der Waals surface area contributed by atoms with Crippen molar-refractivity contribution in [3.8, 4) is 5.75 Å². The van der Waals surface area contributed by atoms with E-state index in [9.17, 15) is 34.8 Å². The summed E-state index contributed by atoms with van der Waals surface area (Å²) in [7, 11) is 3.12. The van der Waals surface area contributed by atoms with E-state index in [1.165, 1.54) is 11.0 Å². The van der Waals surface area contributed by atoms with Crippen molar-refractivity contribution < 1.29 is 34.8 Å². The van der Waals surface area contributed by atoms with Gasteiger partial charge in [0.05, 0.1) is 11.3 Å². The third-order valence-corrected chi connectivity index (χ3v) is 7.48. The van der Waals surface area contributed by atoms with Crippen LogP contribution in [-0.4, -0.2) is 62.5 Å². The maximum atomic E-state index is 13.5. The van der Waals surface area contributed by atoms with Gasteiger partial charge < -0.3 is 31.1 Å². The minimum Gasteiger partial charge on any atom is -0.509 e. The number of primary amides is 1. The lowest BCUT2D eigenvalue weighted by Crippen LogP contribution is -2.65. The van der Waals surface area contributed by atoms with Crippen LogP contribution in [0.4, 0.5) is 0 Å². The number of halogens is 1. The topological polar surface area (TPSA) is 161 Å². The summed E-state index contributed by atoms with van der Waals surface area (Å²) in [5.74, 6) is -8.32. The number of aliphatic hydroxyl groups is 3. The van der Waals surface area contributed by atoms with E-state index in [-0.39, 0.29) is 35.4 Å². The Kier molecular flexibility index (Phi) is 4.85. The number of phenols is 1. The first-order valence-corrected chi connectivity index (χ1v) is 10.7. The molecule has 4 atom stereocenters. The van der Waals surface area contributed by atoms with E-state index in [0.29, 0.717) is 5.56 Å². The van der Waals surface area contributed by atoms with Gasteiger partial charge in [0.2, 0.25) is 11.7 Å². The smallest absolute Gasteiger partial charge is 0.235 e. The normalized spacial score (nSPS) is 30.0. The second-order valence-electron chi connectivity index (χ2n) is 8.33. The van der Waals surface area contributed by atoms with E-state index in [0.717, 1.165) is 3.57 Å². The van der Waals surface area contributed by atoms with Crippen LogP contribution >= 0.6 is 22.6 Å². The van der Waals surface area contributed by atoms with Crippen LogP contribution in [0.15, 0.2) is 29.2 Å². The molecule has 1 aromatic rings. The van der Waals surface area contributed by atoms with Gasteiger partial charge >= 0.3 is 0 Å². The second kappa shape index (κ2) is 6.95. The van der Waals surface area contributed by atoms with Crippen LogP contribution in [0, 0.1) is 21.3 Å². The van der Waals surface area contributed by atoms with Gasteiger partial charge in [0.1, 0.15) is 17.3 Å². The number of hydrogen-bond acceptors (Lipinski definition) is 8. The van der Waals surface area contributed by atoms with Gasteiger partial charge in [-0.3, -0.25) is 14.4 Å². The lowest BCUT2D eigenvalue weighted by atomic mass is 9.57. The van der Waals surface area contributed by atoms with Gasteiger partial charge in [0.25, 0.3) is 0 Å². The van der Waals surface area contributed by atoms with Gasteiger partial charge in [-0.25, -0.2) is 0 Å². The Bertz CT molecular complexity index is 1120. The summed E-state index contributed by atoms with van der Waals surface area (Å²) in [4.78, 5) is 40.0. The van der Waals surface area contributed by atoms with Crippen molar-refractivity contribution in [2.75, 3.05) is 14.1 Å². The quantitative estimate of drug-likeness (QED) is 0.272. The molecule has 1 amide bonds. The molecule has 0 aliphatic heterocycles. The van der Waals surface area contributed by atoms with Crippen molar-refractivity contribution >= 4 is 45.8 Å². The second-order valence-corrected chi connectivity index (χ2v) is 9.49. The molecule has 1 unspecified atom stereocenters. The van der Waals surface area contributed by atoms with Crippen molar-refractivity contribution in [2.24, 2.45) is 23.5 Å². The molecule has 10 heteroatoms. The predicted octanol–water partition coefficient (Wildman–Crippen LogP) is 0.774. The van der Waals surface area contributed by atoms with E-state index in [1.807, 2.05) is 0 Å². The van der Waals surface area contributed by atoms with Gasteiger partial charge in [0.15, 0.2) is 17.3 Å². The molecule has 31 heavy (non-hydrogen) atoms. The highest BCUT2D eigenvalue weighted by atomic mass is 127. The summed E-state index contributed by atoms with van der Waals surface area (Å²) in [6.07, 6.45) is 0.343. The molecule has 1 aromatic carbocycles. The number of aliphatic hydroxyl groups excluding tert-OH is 2. The molecule has 1 fully saturated rings. The number of benzene rings is 1. The number of rotatable bonds is 2. The highest BCUT2D eigenvalue weighted by molar-refractivity contribution is 14.1. The lowest BCUT2D eigenvalue weighted by molar-refractivity contribution is -0.163. The van der Waals surface area contributed by atoms with E-state index in [2.05, 4.69) is 22.6 Å². The molecule has 1 saturated carbocycles. The molecule has 3 aliphatic carbocycles. The number of fused-ring (bicyclic) bond motifs is 3. The Morgan fingerprint density at radius 2 is 1.87 bits per heavy atom. The molecule has 4 rings (SSSR count). The Morgan fingerprint density at radius 1 is 1.23 bits per heavy atom. The third-order valence-electron chi connectivity index (χ3n) is 6.47. The molecule has 164 valence electrons. The maximum absolute atomic E-state index is 13.5. The Hall–Kier alpha value is -2.60. The minimum absolute atomic E-state index is 0.0571. The van der Waals surface area contributed by atoms with E-state index in [4.69, 9.17) is 5.73 Å². The predicted molar refractivity (Wildman–Crippen MR) is 117 cm³/mol. The number of aromatic hydroxyl groups is 1. The van der Waals surface area contributed by atoms with Crippen LogP contribution in [-0.2, 0) is 20.8 Å². The standard InChI is InChI=1S/C21H21IN2O7/c1-24(2)15-9-6-7-5-8-10(22)3-4-11(25)13(8)16(26)12(7)18(28)21(9,31)19(29)14(17(15)27)20(23)30/h3-4,7,9,14,25-27,31H,5-6H2,1-2H3,(H2,23,30)/t7-,9-,14?,21-/m0/s1. The monoisotopic (exact) mass is 540 g/mol. The Balaban J connectivity index is 1.98. The number of nitrogens with two attached hydrogens (primary N) is 1. The maximum Gasteiger partial charge on any atom is 0.235 e. The van der Waals surface area contributed by atoms with Crippen LogP contribution in [0.5, 0.6) is 5.75 Å². The fourth-order valence-corrected chi connectivity index (χ4v) is 5.80. The summed E-state index contributed by atoms with van der Waals surface area (Å²) in [6, 6.07) is 3.08. The molecule has 6 N–H and O–H groups in total.